The predicted octanol–water partition coefficient (Wildman–Crippen LogP) is 4.39. The van der Waals surface area contributed by atoms with Crippen LogP contribution in [0, 0.1) is 6.92 Å². The first kappa shape index (κ1) is 14.1. The van der Waals surface area contributed by atoms with E-state index in [9.17, 15) is 4.21 Å². The Bertz CT molecular complexity index is 612. The largest absolute Gasteiger partial charge is 0.248 e. The first-order valence-electron chi connectivity index (χ1n) is 6.50. The second-order valence-electron chi connectivity index (χ2n) is 5.84. The highest BCUT2D eigenvalue weighted by atomic mass is 32.2. The van der Waals surface area contributed by atoms with Crippen LogP contribution in [0.15, 0.2) is 52.9 Å². The van der Waals surface area contributed by atoms with Crippen molar-refractivity contribution in [3.63, 3.8) is 0 Å². The fraction of sp³-hybridized carbons (Fsp3) is 0.375. The third-order valence-corrected chi connectivity index (χ3v) is 6.52. The summed E-state index contributed by atoms with van der Waals surface area (Å²) in [4.78, 5) is 0. The van der Waals surface area contributed by atoms with E-state index in [-0.39, 0.29) is 10.00 Å². The van der Waals surface area contributed by atoms with Gasteiger partial charge in [0.15, 0.2) is 0 Å². The lowest BCUT2D eigenvalue weighted by Gasteiger charge is -2.27. The average molecular weight is 275 g/mol. The highest BCUT2D eigenvalue weighted by Crippen LogP contribution is 2.30. The van der Waals surface area contributed by atoms with Crippen molar-refractivity contribution in [2.24, 2.45) is 4.36 Å². The number of allylic oxidation sites excluding steroid dienone is 2. The summed E-state index contributed by atoms with van der Waals surface area (Å²) in [6, 6.07) is 7.87. The molecule has 0 heterocycles. The van der Waals surface area contributed by atoms with Gasteiger partial charge in [-0.05, 0) is 39.8 Å². The zero-order chi connectivity index (χ0) is 14.1. The molecule has 3 heteroatoms. The Morgan fingerprint density at radius 3 is 2.05 bits per heavy atom. The Balaban J connectivity index is 2.55. The fourth-order valence-electron chi connectivity index (χ4n) is 1.99. The third-order valence-electron chi connectivity index (χ3n) is 3.23. The molecule has 1 aliphatic rings. The fourth-order valence-corrected chi connectivity index (χ4v) is 4.25. The first-order chi connectivity index (χ1) is 8.83. The van der Waals surface area contributed by atoms with Crippen molar-refractivity contribution >= 4 is 15.4 Å². The van der Waals surface area contributed by atoms with Crippen LogP contribution in [-0.2, 0) is 9.73 Å². The molecule has 2 nitrogen and oxygen atoms in total. The molecule has 0 amide bonds. The predicted molar refractivity (Wildman–Crippen MR) is 83.2 cm³/mol. The van der Waals surface area contributed by atoms with E-state index in [2.05, 4.69) is 4.36 Å². The van der Waals surface area contributed by atoms with Gasteiger partial charge in [0.2, 0.25) is 0 Å². The van der Waals surface area contributed by atoms with Crippen LogP contribution in [-0.4, -0.2) is 14.2 Å². The van der Waals surface area contributed by atoms with Gasteiger partial charge in [-0.15, -0.1) is 0 Å². The SMILES string of the molecule is Cc1ccc(N=S(=O)(C2C=CC=C2)C(C)(C)C)cc1. The Kier molecular flexibility index (Phi) is 3.68. The van der Waals surface area contributed by atoms with E-state index in [4.69, 9.17) is 0 Å². The summed E-state index contributed by atoms with van der Waals surface area (Å²) < 4.78 is 17.6. The molecule has 1 aromatic rings. The maximum atomic E-state index is 13.4. The molecule has 0 spiro atoms. The van der Waals surface area contributed by atoms with Crippen molar-refractivity contribution in [2.75, 3.05) is 0 Å². The minimum Gasteiger partial charge on any atom is -0.248 e. The molecule has 1 atom stereocenters. The van der Waals surface area contributed by atoms with Gasteiger partial charge >= 0.3 is 0 Å². The molecule has 1 aromatic carbocycles. The Labute approximate surface area is 116 Å². The van der Waals surface area contributed by atoms with Gasteiger partial charge in [-0.3, -0.25) is 0 Å². The lowest BCUT2D eigenvalue weighted by Crippen LogP contribution is -2.34. The monoisotopic (exact) mass is 275 g/mol. The molecule has 0 aliphatic heterocycles. The van der Waals surface area contributed by atoms with Crippen LogP contribution in [0.3, 0.4) is 0 Å². The second kappa shape index (κ2) is 4.97. The summed E-state index contributed by atoms with van der Waals surface area (Å²) in [5.74, 6) is 0. The van der Waals surface area contributed by atoms with E-state index < -0.39 is 9.73 Å². The molecular formula is C16H21NOS. The lowest BCUT2D eigenvalue weighted by molar-refractivity contribution is 0.638. The number of hydrogen-bond donors (Lipinski definition) is 0. The van der Waals surface area contributed by atoms with Crippen LogP contribution in [0.1, 0.15) is 26.3 Å². The number of nitrogens with zero attached hydrogens (tertiary/aromatic N) is 1. The Hall–Kier alpha value is -1.35. The molecule has 1 unspecified atom stereocenters. The van der Waals surface area contributed by atoms with Gasteiger partial charge in [-0.2, -0.15) is 4.36 Å². The number of rotatable bonds is 2. The van der Waals surface area contributed by atoms with Gasteiger partial charge < -0.3 is 0 Å². The van der Waals surface area contributed by atoms with Crippen molar-refractivity contribution < 1.29 is 4.21 Å². The summed E-state index contributed by atoms with van der Waals surface area (Å²) in [6.45, 7) is 8.01. The van der Waals surface area contributed by atoms with Gasteiger partial charge in [-0.1, -0.05) is 42.0 Å². The zero-order valence-corrected chi connectivity index (χ0v) is 12.8. The minimum absolute atomic E-state index is 0.103. The third kappa shape index (κ3) is 2.81. The van der Waals surface area contributed by atoms with Crippen LogP contribution in [0.4, 0.5) is 5.69 Å². The number of aryl methyl sites for hydroxylation is 1. The molecule has 2 rings (SSSR count). The molecule has 1 aliphatic carbocycles. The summed E-state index contributed by atoms with van der Waals surface area (Å²) in [5, 5.41) is -0.103. The molecule has 0 N–H and O–H groups in total. The van der Waals surface area contributed by atoms with E-state index in [1.54, 1.807) is 0 Å². The molecule has 102 valence electrons. The molecule has 19 heavy (non-hydrogen) atoms. The van der Waals surface area contributed by atoms with Crippen LogP contribution < -0.4 is 0 Å². The van der Waals surface area contributed by atoms with Crippen molar-refractivity contribution in [2.45, 2.75) is 37.7 Å². The Morgan fingerprint density at radius 2 is 1.58 bits per heavy atom. The Morgan fingerprint density at radius 1 is 1.05 bits per heavy atom. The molecule has 0 bridgehead atoms. The van der Waals surface area contributed by atoms with Crippen LogP contribution in [0.25, 0.3) is 0 Å². The zero-order valence-electron chi connectivity index (χ0n) is 12.0. The smallest absolute Gasteiger partial charge is 0.0805 e. The van der Waals surface area contributed by atoms with Gasteiger partial charge in [0.25, 0.3) is 0 Å². The van der Waals surface area contributed by atoms with Crippen molar-refractivity contribution in [3.8, 4) is 0 Å². The van der Waals surface area contributed by atoms with E-state index in [1.165, 1.54) is 5.56 Å². The lowest BCUT2D eigenvalue weighted by atomic mass is 10.2. The normalized spacial score (nSPS) is 18.5. The molecule has 0 fully saturated rings. The summed E-state index contributed by atoms with van der Waals surface area (Å²) in [6.07, 6.45) is 7.85. The van der Waals surface area contributed by atoms with E-state index in [1.807, 2.05) is 76.3 Å². The van der Waals surface area contributed by atoms with Gasteiger partial charge in [0, 0.05) is 4.75 Å². The highest BCUT2D eigenvalue weighted by Gasteiger charge is 2.33. The molecule has 0 saturated heterocycles. The first-order valence-corrected chi connectivity index (χ1v) is 8.08. The molecule has 0 radical (unpaired) electrons. The van der Waals surface area contributed by atoms with Gasteiger partial charge in [0.05, 0.1) is 20.7 Å². The molecular weight excluding hydrogens is 254 g/mol. The van der Waals surface area contributed by atoms with Crippen molar-refractivity contribution in [1.82, 2.24) is 0 Å². The van der Waals surface area contributed by atoms with E-state index in [0.717, 1.165) is 5.69 Å². The quantitative estimate of drug-likeness (QED) is 0.787. The molecule has 0 aromatic heterocycles. The van der Waals surface area contributed by atoms with Crippen LogP contribution >= 0.6 is 0 Å². The summed E-state index contributed by atoms with van der Waals surface area (Å²) in [7, 11) is -2.40. The topological polar surface area (TPSA) is 29.4 Å². The van der Waals surface area contributed by atoms with E-state index >= 15 is 0 Å². The highest BCUT2D eigenvalue weighted by molar-refractivity contribution is 7.96. The summed E-state index contributed by atoms with van der Waals surface area (Å²) in [5.41, 5.74) is 1.97. The maximum absolute atomic E-state index is 13.4. The molecule has 0 saturated carbocycles. The van der Waals surface area contributed by atoms with Gasteiger partial charge in [0.1, 0.15) is 0 Å². The van der Waals surface area contributed by atoms with Gasteiger partial charge in [-0.25, -0.2) is 4.21 Å². The van der Waals surface area contributed by atoms with Crippen LogP contribution in [0.2, 0.25) is 0 Å². The van der Waals surface area contributed by atoms with Crippen molar-refractivity contribution in [1.29, 1.82) is 0 Å². The number of hydrogen-bond acceptors (Lipinski definition) is 2. The second-order valence-corrected chi connectivity index (χ2v) is 8.93. The van der Waals surface area contributed by atoms with E-state index in [0.29, 0.717) is 0 Å². The van der Waals surface area contributed by atoms with Crippen molar-refractivity contribution in [3.05, 3.63) is 54.1 Å². The number of benzene rings is 1. The average Bonchev–Trinajstić information content (AvgIpc) is 2.84. The maximum Gasteiger partial charge on any atom is 0.0805 e. The summed E-state index contributed by atoms with van der Waals surface area (Å²) >= 11 is 0. The van der Waals surface area contributed by atoms with Crippen LogP contribution in [0.5, 0.6) is 0 Å². The minimum atomic E-state index is -2.40. The standard InChI is InChI=1S/C16H21NOS/c1-13-9-11-14(12-10-13)17-19(18,16(2,3)4)15-7-5-6-8-15/h5-12,15H,1-4H3.